The topological polar surface area (TPSA) is 75.2 Å². The lowest BCUT2D eigenvalue weighted by atomic mass is 9.74. The van der Waals surface area contributed by atoms with Crippen molar-refractivity contribution in [3.63, 3.8) is 0 Å². The van der Waals surface area contributed by atoms with Crippen molar-refractivity contribution in [3.05, 3.63) is 76.2 Å². The number of benzene rings is 2. The summed E-state index contributed by atoms with van der Waals surface area (Å²) in [6.07, 6.45) is 2.08. The molecule has 2 bridgehead atoms. The summed E-state index contributed by atoms with van der Waals surface area (Å²) in [6.45, 7) is 6.23. The van der Waals surface area contributed by atoms with Crippen molar-refractivity contribution < 1.29 is 8.42 Å². The summed E-state index contributed by atoms with van der Waals surface area (Å²) in [5.74, 6) is 1.60. The van der Waals surface area contributed by atoms with Crippen LogP contribution in [0.1, 0.15) is 35.8 Å². The van der Waals surface area contributed by atoms with Crippen molar-refractivity contribution >= 4 is 26.0 Å². The Morgan fingerprint density at radius 2 is 1.85 bits per heavy atom. The number of hydrogen-bond acceptors (Lipinski definition) is 5. The van der Waals surface area contributed by atoms with Crippen LogP contribution >= 0.6 is 15.9 Å². The van der Waals surface area contributed by atoms with Gasteiger partial charge in [-0.15, -0.1) is 0 Å². The SMILES string of the molecule is Cc1ccc(S(=O)(=O)NC[C@H]2C[C@@H]3CCN2C[C@@H]3c2cc(-c3ccccc3Br)nc(C)n2)cc1. The average molecular weight is 542 g/mol. The fourth-order valence-electron chi connectivity index (χ4n) is 5.28. The van der Waals surface area contributed by atoms with E-state index in [9.17, 15) is 8.42 Å². The Morgan fingerprint density at radius 1 is 1.09 bits per heavy atom. The minimum absolute atomic E-state index is 0.209. The first kappa shape index (κ1) is 23.6. The standard InChI is InChI=1S/C26H29BrN4O2S/c1-17-7-9-21(10-8-17)34(32,33)28-15-20-13-19-11-12-31(20)16-23(19)26-14-25(29-18(2)30-26)22-5-3-4-6-24(22)27/h3-10,14,19-20,23,28H,11-13,15-16H2,1-2H3/t19-,20+,23-/m0/s1. The van der Waals surface area contributed by atoms with Crippen molar-refractivity contribution in [1.82, 2.24) is 19.6 Å². The first-order valence-corrected chi connectivity index (χ1v) is 14.0. The van der Waals surface area contributed by atoms with Gasteiger partial charge in [0.15, 0.2) is 0 Å². The highest BCUT2D eigenvalue weighted by atomic mass is 79.9. The van der Waals surface area contributed by atoms with Crippen LogP contribution in [0.4, 0.5) is 0 Å². The van der Waals surface area contributed by atoms with E-state index in [1.54, 1.807) is 12.1 Å². The molecule has 4 heterocycles. The largest absolute Gasteiger partial charge is 0.298 e. The van der Waals surface area contributed by atoms with Crippen LogP contribution in [-0.4, -0.2) is 49.0 Å². The molecule has 0 spiro atoms. The van der Waals surface area contributed by atoms with E-state index < -0.39 is 10.0 Å². The summed E-state index contributed by atoms with van der Waals surface area (Å²) in [4.78, 5) is 12.3. The van der Waals surface area contributed by atoms with Crippen LogP contribution < -0.4 is 4.72 Å². The zero-order valence-electron chi connectivity index (χ0n) is 19.4. The summed E-state index contributed by atoms with van der Waals surface area (Å²) in [5, 5.41) is 0. The number of nitrogens with zero attached hydrogens (tertiary/aromatic N) is 3. The Balaban J connectivity index is 1.31. The molecule has 1 aromatic heterocycles. The van der Waals surface area contributed by atoms with E-state index in [0.717, 1.165) is 58.7 Å². The van der Waals surface area contributed by atoms with E-state index in [-0.39, 0.29) is 6.04 Å². The maximum atomic E-state index is 12.8. The Hall–Kier alpha value is -2.13. The van der Waals surface area contributed by atoms with Crippen LogP contribution in [0, 0.1) is 19.8 Å². The maximum absolute atomic E-state index is 12.8. The van der Waals surface area contributed by atoms with Gasteiger partial charge < -0.3 is 0 Å². The van der Waals surface area contributed by atoms with Crippen LogP contribution in [0.5, 0.6) is 0 Å². The molecule has 4 atom stereocenters. The highest BCUT2D eigenvalue weighted by Crippen LogP contribution is 2.42. The van der Waals surface area contributed by atoms with Gasteiger partial charge in [-0.1, -0.05) is 51.8 Å². The maximum Gasteiger partial charge on any atom is 0.240 e. The Bertz CT molecular complexity index is 1300. The molecule has 3 saturated heterocycles. The van der Waals surface area contributed by atoms with E-state index in [1.807, 2.05) is 44.2 Å². The molecule has 3 aliphatic rings. The zero-order valence-corrected chi connectivity index (χ0v) is 21.8. The zero-order chi connectivity index (χ0) is 23.9. The molecule has 0 radical (unpaired) electrons. The van der Waals surface area contributed by atoms with Crippen molar-refractivity contribution in [2.24, 2.45) is 5.92 Å². The molecule has 178 valence electrons. The molecule has 1 N–H and O–H groups in total. The lowest BCUT2D eigenvalue weighted by Crippen LogP contribution is -2.56. The van der Waals surface area contributed by atoms with Gasteiger partial charge in [0.05, 0.1) is 10.6 Å². The molecule has 2 aromatic carbocycles. The molecular weight excluding hydrogens is 512 g/mol. The van der Waals surface area contributed by atoms with Gasteiger partial charge in [-0.25, -0.2) is 23.1 Å². The molecule has 6 rings (SSSR count). The summed E-state index contributed by atoms with van der Waals surface area (Å²) < 4.78 is 29.4. The Morgan fingerprint density at radius 3 is 2.56 bits per heavy atom. The van der Waals surface area contributed by atoms with Gasteiger partial charge in [-0.2, -0.15) is 0 Å². The number of halogens is 1. The molecule has 0 saturated carbocycles. The number of nitrogens with one attached hydrogen (secondary N) is 1. The smallest absolute Gasteiger partial charge is 0.240 e. The van der Waals surface area contributed by atoms with Crippen molar-refractivity contribution in [1.29, 1.82) is 0 Å². The normalized spacial score (nSPS) is 24.3. The molecule has 0 amide bonds. The predicted molar refractivity (Wildman–Crippen MR) is 137 cm³/mol. The highest BCUT2D eigenvalue weighted by Gasteiger charge is 2.41. The fourth-order valence-corrected chi connectivity index (χ4v) is 6.84. The number of aromatic nitrogens is 2. The first-order valence-electron chi connectivity index (χ1n) is 11.7. The summed E-state index contributed by atoms with van der Waals surface area (Å²) in [5.41, 5.74) is 4.14. The van der Waals surface area contributed by atoms with Gasteiger partial charge in [0, 0.05) is 40.8 Å². The van der Waals surface area contributed by atoms with Gasteiger partial charge in [0.25, 0.3) is 0 Å². The number of hydrogen-bond donors (Lipinski definition) is 1. The van der Waals surface area contributed by atoms with Gasteiger partial charge in [-0.3, -0.25) is 4.90 Å². The molecule has 1 unspecified atom stereocenters. The van der Waals surface area contributed by atoms with Crippen LogP contribution in [0.25, 0.3) is 11.3 Å². The molecule has 3 aromatic rings. The summed E-state index contributed by atoms with van der Waals surface area (Å²) in [7, 11) is -3.51. The van der Waals surface area contributed by atoms with Crippen molar-refractivity contribution in [2.45, 2.75) is 43.5 Å². The van der Waals surface area contributed by atoms with Gasteiger partial charge >= 0.3 is 0 Å². The van der Waals surface area contributed by atoms with Crippen molar-refractivity contribution in [2.75, 3.05) is 19.6 Å². The lowest BCUT2D eigenvalue weighted by molar-refractivity contribution is 0.0317. The number of sulfonamides is 1. The first-order chi connectivity index (χ1) is 16.3. The van der Waals surface area contributed by atoms with Crippen LogP contribution in [0.3, 0.4) is 0 Å². The van der Waals surface area contributed by atoms with Gasteiger partial charge in [0.1, 0.15) is 5.82 Å². The second-order valence-corrected chi connectivity index (χ2v) is 12.0. The molecule has 8 heteroatoms. The predicted octanol–water partition coefficient (Wildman–Crippen LogP) is 4.68. The lowest BCUT2D eigenvalue weighted by Gasteiger charge is -2.49. The molecular formula is C26H29BrN4O2S. The Kier molecular flexibility index (Phi) is 6.59. The van der Waals surface area contributed by atoms with E-state index in [0.29, 0.717) is 23.3 Å². The van der Waals surface area contributed by atoms with E-state index in [4.69, 9.17) is 9.97 Å². The minimum atomic E-state index is -3.51. The number of piperidine rings is 3. The molecule has 34 heavy (non-hydrogen) atoms. The fraction of sp³-hybridized carbons (Fsp3) is 0.385. The van der Waals surface area contributed by atoms with E-state index >= 15 is 0 Å². The molecule has 3 fully saturated rings. The van der Waals surface area contributed by atoms with Gasteiger partial charge in [0.2, 0.25) is 10.0 Å². The number of aryl methyl sites for hydroxylation is 2. The third-order valence-corrected chi connectivity index (χ3v) is 9.24. The third kappa shape index (κ3) is 4.82. The summed E-state index contributed by atoms with van der Waals surface area (Å²) in [6, 6.07) is 17.5. The molecule has 3 aliphatic heterocycles. The quantitative estimate of drug-likeness (QED) is 0.491. The molecule has 0 aliphatic carbocycles. The van der Waals surface area contributed by atoms with Crippen LogP contribution in [0.2, 0.25) is 0 Å². The second-order valence-electron chi connectivity index (χ2n) is 9.41. The molecule has 6 nitrogen and oxygen atoms in total. The van der Waals surface area contributed by atoms with E-state index in [1.165, 1.54) is 0 Å². The average Bonchev–Trinajstić information content (AvgIpc) is 2.83. The van der Waals surface area contributed by atoms with Crippen LogP contribution in [-0.2, 0) is 10.0 Å². The third-order valence-electron chi connectivity index (χ3n) is 7.11. The summed E-state index contributed by atoms with van der Waals surface area (Å²) >= 11 is 3.65. The number of fused-ring (bicyclic) bond motifs is 3. The van der Waals surface area contributed by atoms with Crippen LogP contribution in [0.15, 0.2) is 64.0 Å². The van der Waals surface area contributed by atoms with Crippen molar-refractivity contribution in [3.8, 4) is 11.3 Å². The Labute approximate surface area is 210 Å². The van der Waals surface area contributed by atoms with E-state index in [2.05, 4.69) is 37.7 Å². The minimum Gasteiger partial charge on any atom is -0.298 e. The van der Waals surface area contributed by atoms with Gasteiger partial charge in [-0.05, 0) is 63.4 Å². The highest BCUT2D eigenvalue weighted by molar-refractivity contribution is 9.10. The monoisotopic (exact) mass is 540 g/mol. The second kappa shape index (κ2) is 9.49. The number of rotatable bonds is 6.